The van der Waals surface area contributed by atoms with Gasteiger partial charge in [-0.3, -0.25) is 39.5 Å². The SMILES string of the molecule is O=C(CC(c1cccc([N+](=O)[O-])c1)N1C(=O)C2C3C=CC(C3)C2C1=O)Nc1ccccc1[N+](=O)[O-]. The summed E-state index contributed by atoms with van der Waals surface area (Å²) in [5.41, 5.74) is -0.316. The van der Waals surface area contributed by atoms with Crippen LogP contribution in [0.2, 0.25) is 0 Å². The number of likely N-dealkylation sites (tertiary alicyclic amines) is 1. The number of anilines is 1. The predicted molar refractivity (Wildman–Crippen MR) is 122 cm³/mol. The van der Waals surface area contributed by atoms with Crippen molar-refractivity contribution < 1.29 is 24.2 Å². The van der Waals surface area contributed by atoms with Gasteiger partial charge in [0, 0.05) is 18.2 Å². The number of non-ortho nitro benzene ring substituents is 1. The normalized spacial score (nSPS) is 25.0. The number of imide groups is 1. The highest BCUT2D eigenvalue weighted by molar-refractivity contribution is 6.07. The number of hydrogen-bond donors (Lipinski definition) is 1. The van der Waals surface area contributed by atoms with Crippen LogP contribution in [-0.4, -0.2) is 32.5 Å². The van der Waals surface area contributed by atoms with Crippen LogP contribution in [0.4, 0.5) is 17.1 Å². The van der Waals surface area contributed by atoms with Gasteiger partial charge in [0.05, 0.1) is 34.1 Å². The first-order valence-corrected chi connectivity index (χ1v) is 11.1. The fourth-order valence-electron chi connectivity index (χ4n) is 5.55. The van der Waals surface area contributed by atoms with Crippen LogP contribution in [0, 0.1) is 43.9 Å². The number of amides is 3. The maximum atomic E-state index is 13.4. The van der Waals surface area contributed by atoms with Crippen molar-refractivity contribution in [2.24, 2.45) is 23.7 Å². The molecule has 3 aliphatic rings. The van der Waals surface area contributed by atoms with Gasteiger partial charge in [-0.2, -0.15) is 0 Å². The third-order valence-corrected chi connectivity index (χ3v) is 7.04. The summed E-state index contributed by atoms with van der Waals surface area (Å²) in [7, 11) is 0. The standard InChI is InChI=1S/C24H20N4O7/c29-20(25-17-6-1-2-7-18(17)28(34)35)12-19(13-4-3-5-16(11-13)27(32)33)26-23(30)21-14-8-9-15(10-14)22(21)24(26)31/h1-9,11,14-15,19,21-22H,10,12H2,(H,25,29). The average molecular weight is 476 g/mol. The van der Waals surface area contributed by atoms with Gasteiger partial charge in [0.2, 0.25) is 17.7 Å². The summed E-state index contributed by atoms with van der Waals surface area (Å²) in [4.78, 5) is 62.4. The molecule has 3 amide bonds. The molecular formula is C24H20N4O7. The molecule has 5 unspecified atom stereocenters. The van der Waals surface area contributed by atoms with E-state index < -0.39 is 51.9 Å². The van der Waals surface area contributed by atoms with E-state index in [1.807, 2.05) is 12.2 Å². The Kier molecular flexibility index (Phi) is 5.39. The highest BCUT2D eigenvalue weighted by Crippen LogP contribution is 2.54. The van der Waals surface area contributed by atoms with Crippen LogP contribution < -0.4 is 5.32 Å². The summed E-state index contributed by atoms with van der Waals surface area (Å²) >= 11 is 0. The summed E-state index contributed by atoms with van der Waals surface area (Å²) in [6, 6.07) is 9.98. The molecule has 5 rings (SSSR count). The Balaban J connectivity index is 1.48. The number of para-hydroxylation sites is 2. The van der Waals surface area contributed by atoms with E-state index in [-0.39, 0.29) is 34.5 Å². The predicted octanol–water partition coefficient (Wildman–Crippen LogP) is 3.38. The van der Waals surface area contributed by atoms with Crippen molar-refractivity contribution in [3.8, 4) is 0 Å². The van der Waals surface area contributed by atoms with Gasteiger partial charge in [-0.1, -0.05) is 36.4 Å². The molecule has 2 aromatic carbocycles. The Morgan fingerprint density at radius 2 is 1.63 bits per heavy atom. The van der Waals surface area contributed by atoms with Gasteiger partial charge in [-0.15, -0.1) is 0 Å². The second-order valence-electron chi connectivity index (χ2n) is 8.94. The number of nitro groups is 2. The smallest absolute Gasteiger partial charge is 0.292 e. The zero-order valence-corrected chi connectivity index (χ0v) is 18.3. The lowest BCUT2D eigenvalue weighted by Gasteiger charge is -2.28. The first-order chi connectivity index (χ1) is 16.8. The topological polar surface area (TPSA) is 153 Å². The molecule has 0 aromatic heterocycles. The van der Waals surface area contributed by atoms with Crippen LogP contribution in [0.5, 0.6) is 0 Å². The fourth-order valence-corrected chi connectivity index (χ4v) is 5.55. The molecule has 1 aliphatic heterocycles. The first kappa shape index (κ1) is 22.4. The van der Waals surface area contributed by atoms with Crippen LogP contribution in [0.25, 0.3) is 0 Å². The first-order valence-electron chi connectivity index (χ1n) is 11.1. The summed E-state index contributed by atoms with van der Waals surface area (Å²) < 4.78 is 0. The van der Waals surface area contributed by atoms with Gasteiger partial charge in [0.15, 0.2) is 0 Å². The fraction of sp³-hybridized carbons (Fsp3) is 0.292. The maximum absolute atomic E-state index is 13.4. The Morgan fingerprint density at radius 1 is 0.971 bits per heavy atom. The third-order valence-electron chi connectivity index (χ3n) is 7.04. The van der Waals surface area contributed by atoms with Crippen LogP contribution >= 0.6 is 0 Å². The van der Waals surface area contributed by atoms with Crippen molar-refractivity contribution in [1.82, 2.24) is 4.90 Å². The zero-order chi connectivity index (χ0) is 24.9. The monoisotopic (exact) mass is 476 g/mol. The second kappa shape index (κ2) is 8.42. The summed E-state index contributed by atoms with van der Waals surface area (Å²) in [6.45, 7) is 0. The number of rotatable bonds is 7. The molecule has 11 heteroatoms. The Labute approximate surface area is 198 Å². The molecule has 5 atom stereocenters. The van der Waals surface area contributed by atoms with Crippen LogP contribution in [-0.2, 0) is 14.4 Å². The molecule has 35 heavy (non-hydrogen) atoms. The molecule has 1 saturated carbocycles. The molecule has 11 nitrogen and oxygen atoms in total. The number of benzene rings is 2. The van der Waals surface area contributed by atoms with Crippen molar-refractivity contribution >= 4 is 34.8 Å². The Morgan fingerprint density at radius 3 is 2.26 bits per heavy atom. The minimum absolute atomic E-state index is 0.0292. The lowest BCUT2D eigenvalue weighted by Crippen LogP contribution is -2.38. The number of hydrogen-bond acceptors (Lipinski definition) is 7. The van der Waals surface area contributed by atoms with Gasteiger partial charge >= 0.3 is 0 Å². The van der Waals surface area contributed by atoms with E-state index >= 15 is 0 Å². The van der Waals surface area contributed by atoms with E-state index in [1.165, 1.54) is 48.5 Å². The minimum atomic E-state index is -1.09. The van der Waals surface area contributed by atoms with E-state index in [0.29, 0.717) is 0 Å². The van der Waals surface area contributed by atoms with Gasteiger partial charge in [-0.05, 0) is 29.9 Å². The quantitative estimate of drug-likeness (QED) is 0.278. The maximum Gasteiger partial charge on any atom is 0.292 e. The van der Waals surface area contributed by atoms with Crippen LogP contribution in [0.3, 0.4) is 0 Å². The number of nitrogens with zero attached hydrogens (tertiary/aromatic N) is 3. The van der Waals surface area contributed by atoms with E-state index in [4.69, 9.17) is 0 Å². The molecule has 1 N–H and O–H groups in total. The molecule has 2 bridgehead atoms. The molecule has 0 spiro atoms. The van der Waals surface area contributed by atoms with Crippen molar-refractivity contribution in [1.29, 1.82) is 0 Å². The molecule has 0 radical (unpaired) electrons. The van der Waals surface area contributed by atoms with Crippen LogP contribution in [0.1, 0.15) is 24.4 Å². The number of carbonyl (C=O) groups excluding carboxylic acids is 3. The van der Waals surface area contributed by atoms with Crippen molar-refractivity contribution in [3.63, 3.8) is 0 Å². The van der Waals surface area contributed by atoms with Gasteiger partial charge in [-0.25, -0.2) is 0 Å². The molecule has 178 valence electrons. The van der Waals surface area contributed by atoms with E-state index in [9.17, 15) is 34.6 Å². The molecule has 2 aliphatic carbocycles. The average Bonchev–Trinajstić information content (AvgIpc) is 3.52. The Hall–Kier alpha value is -4.41. The number of carbonyl (C=O) groups is 3. The second-order valence-corrected chi connectivity index (χ2v) is 8.94. The largest absolute Gasteiger partial charge is 0.320 e. The minimum Gasteiger partial charge on any atom is -0.320 e. The zero-order valence-electron chi connectivity index (χ0n) is 18.3. The summed E-state index contributed by atoms with van der Waals surface area (Å²) in [6.07, 6.45) is 4.22. The summed E-state index contributed by atoms with van der Waals surface area (Å²) in [5.74, 6) is -2.56. The van der Waals surface area contributed by atoms with Crippen LogP contribution in [0.15, 0.2) is 60.7 Å². The number of allylic oxidation sites excluding steroid dienone is 2. The van der Waals surface area contributed by atoms with Crippen molar-refractivity contribution in [2.75, 3.05) is 5.32 Å². The number of nitrogens with one attached hydrogen (secondary N) is 1. The number of nitro benzene ring substituents is 2. The Bertz CT molecular complexity index is 1280. The molecule has 2 aromatic rings. The van der Waals surface area contributed by atoms with Gasteiger partial charge < -0.3 is 5.32 Å². The summed E-state index contributed by atoms with van der Waals surface area (Å²) in [5, 5.41) is 25.1. The highest BCUT2D eigenvalue weighted by Gasteiger charge is 2.60. The van der Waals surface area contributed by atoms with Gasteiger partial charge in [0.1, 0.15) is 5.69 Å². The van der Waals surface area contributed by atoms with Crippen molar-refractivity contribution in [3.05, 3.63) is 86.5 Å². The lowest BCUT2D eigenvalue weighted by atomic mass is 9.85. The molecule has 1 saturated heterocycles. The lowest BCUT2D eigenvalue weighted by molar-refractivity contribution is -0.385. The number of fused-ring (bicyclic) bond motifs is 5. The highest BCUT2D eigenvalue weighted by atomic mass is 16.6. The molecule has 1 heterocycles. The van der Waals surface area contributed by atoms with E-state index in [2.05, 4.69) is 5.32 Å². The van der Waals surface area contributed by atoms with Gasteiger partial charge in [0.25, 0.3) is 11.4 Å². The van der Waals surface area contributed by atoms with E-state index in [0.717, 1.165) is 11.3 Å². The van der Waals surface area contributed by atoms with E-state index in [1.54, 1.807) is 0 Å². The van der Waals surface area contributed by atoms with Crippen molar-refractivity contribution in [2.45, 2.75) is 18.9 Å². The molecule has 2 fully saturated rings. The molecular weight excluding hydrogens is 456 g/mol. The third kappa shape index (κ3) is 3.74.